The topological polar surface area (TPSA) is 26.3 Å². The van der Waals surface area contributed by atoms with Crippen LogP contribution in [-0.2, 0) is 9.53 Å². The van der Waals surface area contributed by atoms with Gasteiger partial charge in [0, 0.05) is 0 Å². The second-order valence-corrected chi connectivity index (χ2v) is 3.57. The summed E-state index contributed by atoms with van der Waals surface area (Å²) in [4.78, 5) is 10.9. The quantitative estimate of drug-likeness (QED) is 0.498. The van der Waals surface area contributed by atoms with Gasteiger partial charge in [0.15, 0.2) is 0 Å². The summed E-state index contributed by atoms with van der Waals surface area (Å²) in [5.41, 5.74) is 0. The Hall–Kier alpha value is -0.530. The molecule has 62 valence electrons. The van der Waals surface area contributed by atoms with Crippen LogP contribution in [0.4, 0.5) is 0 Å². The Labute approximate surface area is 66.9 Å². The number of hydrogen-bond donors (Lipinski definition) is 0. The van der Waals surface area contributed by atoms with Gasteiger partial charge >= 0.3 is 5.97 Å². The van der Waals surface area contributed by atoms with Gasteiger partial charge < -0.3 is 4.74 Å². The normalized spacial score (nSPS) is 37.6. The fraction of sp³-hybridized carbons (Fsp3) is 0.889. The van der Waals surface area contributed by atoms with Gasteiger partial charge in [-0.25, -0.2) is 0 Å². The summed E-state index contributed by atoms with van der Waals surface area (Å²) in [5.74, 6) is 0.326. The first-order chi connectivity index (χ1) is 5.38. The molecule has 0 aromatic heterocycles. The first-order valence-electron chi connectivity index (χ1n) is 4.58. The van der Waals surface area contributed by atoms with E-state index >= 15 is 0 Å². The van der Waals surface area contributed by atoms with Crippen LogP contribution in [0, 0.1) is 5.92 Å². The van der Waals surface area contributed by atoms with Gasteiger partial charge in [0.05, 0.1) is 5.92 Å². The molecule has 1 aliphatic heterocycles. The Morgan fingerprint density at radius 2 is 1.82 bits per heavy atom. The summed E-state index contributed by atoms with van der Waals surface area (Å²) in [5, 5.41) is 0. The largest absolute Gasteiger partial charge is 0.461 e. The molecule has 0 bridgehead atoms. The van der Waals surface area contributed by atoms with Crippen LogP contribution in [0.1, 0.15) is 38.5 Å². The summed E-state index contributed by atoms with van der Waals surface area (Å²) in [6, 6.07) is 0. The van der Waals surface area contributed by atoms with Crippen molar-refractivity contribution in [2.24, 2.45) is 5.92 Å². The summed E-state index contributed by atoms with van der Waals surface area (Å²) in [6.45, 7) is 0. The van der Waals surface area contributed by atoms with Gasteiger partial charge in [-0.15, -0.1) is 0 Å². The molecule has 0 aromatic carbocycles. The molecule has 2 aliphatic rings. The fourth-order valence-electron chi connectivity index (χ4n) is 2.03. The molecule has 0 spiro atoms. The first kappa shape index (κ1) is 7.14. The van der Waals surface area contributed by atoms with Crippen LogP contribution in [-0.4, -0.2) is 12.1 Å². The minimum atomic E-state index is 0.0527. The maximum atomic E-state index is 10.9. The molecular weight excluding hydrogens is 140 g/mol. The molecule has 0 radical (unpaired) electrons. The van der Waals surface area contributed by atoms with Crippen molar-refractivity contribution in [1.29, 1.82) is 0 Å². The number of esters is 1. The van der Waals surface area contributed by atoms with Crippen LogP contribution < -0.4 is 0 Å². The van der Waals surface area contributed by atoms with E-state index in [4.69, 9.17) is 4.74 Å². The third-order valence-corrected chi connectivity index (χ3v) is 2.77. The molecule has 1 heterocycles. The Kier molecular flexibility index (Phi) is 1.84. The summed E-state index contributed by atoms with van der Waals surface area (Å²) >= 11 is 0. The number of fused-ring (bicyclic) bond motifs is 1. The Bertz CT molecular complexity index is 165. The molecule has 2 fully saturated rings. The molecule has 2 nitrogen and oxygen atoms in total. The molecule has 2 atom stereocenters. The fourth-order valence-corrected chi connectivity index (χ4v) is 2.03. The lowest BCUT2D eigenvalue weighted by molar-refractivity contribution is -0.186. The lowest BCUT2D eigenvalue weighted by atomic mass is 9.85. The second kappa shape index (κ2) is 2.84. The first-order valence-corrected chi connectivity index (χ1v) is 4.58. The third kappa shape index (κ3) is 1.26. The Balaban J connectivity index is 1.92. The van der Waals surface area contributed by atoms with Crippen LogP contribution in [0.15, 0.2) is 0 Å². The predicted octanol–water partition coefficient (Wildman–Crippen LogP) is 1.88. The summed E-state index contributed by atoms with van der Waals surface area (Å²) in [7, 11) is 0. The zero-order valence-electron chi connectivity index (χ0n) is 6.71. The van der Waals surface area contributed by atoms with Crippen molar-refractivity contribution in [2.45, 2.75) is 44.6 Å². The van der Waals surface area contributed by atoms with Crippen molar-refractivity contribution in [2.75, 3.05) is 0 Å². The van der Waals surface area contributed by atoms with E-state index in [0.717, 1.165) is 12.8 Å². The van der Waals surface area contributed by atoms with Gasteiger partial charge in [0.25, 0.3) is 0 Å². The van der Waals surface area contributed by atoms with Crippen LogP contribution in [0.2, 0.25) is 0 Å². The minimum absolute atomic E-state index is 0.0527. The standard InChI is InChI=1S/C9H14O2/c10-9-7-5-3-1-2-4-6-8(7)11-9/h7-8H,1-6H2/t7-,8-/m0/s1. The van der Waals surface area contributed by atoms with Crippen molar-refractivity contribution in [1.82, 2.24) is 0 Å². The highest BCUT2D eigenvalue weighted by Gasteiger charge is 2.41. The van der Waals surface area contributed by atoms with Gasteiger partial charge in [-0.2, -0.15) is 0 Å². The molecule has 1 saturated heterocycles. The summed E-state index contributed by atoms with van der Waals surface area (Å²) < 4.78 is 5.04. The van der Waals surface area contributed by atoms with Gasteiger partial charge in [0.1, 0.15) is 6.10 Å². The molecule has 0 amide bonds. The molecule has 0 unspecified atom stereocenters. The summed E-state index contributed by atoms with van der Waals surface area (Å²) in [6.07, 6.45) is 7.56. The van der Waals surface area contributed by atoms with Crippen LogP contribution in [0.3, 0.4) is 0 Å². The molecule has 2 heteroatoms. The Morgan fingerprint density at radius 1 is 1.09 bits per heavy atom. The van der Waals surface area contributed by atoms with Crippen LogP contribution in [0.25, 0.3) is 0 Å². The molecular formula is C9H14O2. The third-order valence-electron chi connectivity index (χ3n) is 2.77. The number of carbonyl (C=O) groups excluding carboxylic acids is 1. The zero-order chi connectivity index (χ0) is 7.68. The van der Waals surface area contributed by atoms with E-state index in [1.165, 1.54) is 25.7 Å². The number of rotatable bonds is 0. The van der Waals surface area contributed by atoms with Gasteiger partial charge in [-0.1, -0.05) is 19.3 Å². The van der Waals surface area contributed by atoms with E-state index in [-0.39, 0.29) is 11.9 Å². The van der Waals surface area contributed by atoms with Gasteiger partial charge in [-0.05, 0) is 19.3 Å². The molecule has 1 saturated carbocycles. The minimum Gasteiger partial charge on any atom is -0.461 e. The molecule has 0 N–H and O–H groups in total. The lowest BCUT2D eigenvalue weighted by Gasteiger charge is -2.36. The van der Waals surface area contributed by atoms with Crippen molar-refractivity contribution >= 4 is 5.97 Å². The van der Waals surface area contributed by atoms with Crippen LogP contribution >= 0.6 is 0 Å². The van der Waals surface area contributed by atoms with Gasteiger partial charge in [-0.3, -0.25) is 4.79 Å². The van der Waals surface area contributed by atoms with E-state index in [1.54, 1.807) is 0 Å². The van der Waals surface area contributed by atoms with E-state index in [9.17, 15) is 4.79 Å². The van der Waals surface area contributed by atoms with E-state index < -0.39 is 0 Å². The van der Waals surface area contributed by atoms with Crippen LogP contribution in [0.5, 0.6) is 0 Å². The smallest absolute Gasteiger partial charge is 0.313 e. The van der Waals surface area contributed by atoms with E-state index in [2.05, 4.69) is 0 Å². The number of carbonyl (C=O) groups is 1. The van der Waals surface area contributed by atoms with Gasteiger partial charge in [0.2, 0.25) is 0 Å². The molecule has 11 heavy (non-hydrogen) atoms. The highest BCUT2D eigenvalue weighted by atomic mass is 16.6. The molecule has 0 aromatic rings. The average molecular weight is 154 g/mol. The predicted molar refractivity (Wildman–Crippen MR) is 41.1 cm³/mol. The number of hydrogen-bond acceptors (Lipinski definition) is 2. The zero-order valence-corrected chi connectivity index (χ0v) is 6.71. The highest BCUT2D eigenvalue weighted by Crippen LogP contribution is 2.33. The molecule has 1 aliphatic carbocycles. The maximum Gasteiger partial charge on any atom is 0.313 e. The van der Waals surface area contributed by atoms with Crippen molar-refractivity contribution in [3.63, 3.8) is 0 Å². The average Bonchev–Trinajstić information content (AvgIpc) is 1.96. The van der Waals surface area contributed by atoms with Crippen molar-refractivity contribution in [3.05, 3.63) is 0 Å². The number of ether oxygens (including phenoxy) is 1. The SMILES string of the molecule is O=C1O[C@H]2CCCCCC[C@H]12. The highest BCUT2D eigenvalue weighted by molar-refractivity contribution is 5.78. The molecule has 2 rings (SSSR count). The van der Waals surface area contributed by atoms with Crippen molar-refractivity contribution in [3.8, 4) is 0 Å². The maximum absolute atomic E-state index is 10.9. The van der Waals surface area contributed by atoms with E-state index in [1.807, 2.05) is 0 Å². The monoisotopic (exact) mass is 154 g/mol. The second-order valence-electron chi connectivity index (χ2n) is 3.57. The lowest BCUT2D eigenvalue weighted by Crippen LogP contribution is -2.45. The Morgan fingerprint density at radius 3 is 2.55 bits per heavy atom. The van der Waals surface area contributed by atoms with E-state index in [0.29, 0.717) is 6.10 Å². The van der Waals surface area contributed by atoms with Crippen molar-refractivity contribution < 1.29 is 9.53 Å².